The molecule has 2 unspecified atom stereocenters. The fourth-order valence-corrected chi connectivity index (χ4v) is 3.10. The molecule has 1 saturated heterocycles. The summed E-state index contributed by atoms with van der Waals surface area (Å²) < 4.78 is 5.48. The number of anilines is 1. The van der Waals surface area contributed by atoms with E-state index in [0.29, 0.717) is 13.0 Å². The second-order valence-electron chi connectivity index (χ2n) is 6.37. The number of nitrogens with one attached hydrogen (secondary N) is 2. The van der Waals surface area contributed by atoms with Gasteiger partial charge in [0.1, 0.15) is 11.8 Å². The number of benzene rings is 2. The number of nitrogens with zero attached hydrogens (tertiary/aromatic N) is 1. The van der Waals surface area contributed by atoms with Crippen LogP contribution in [0.25, 0.3) is 0 Å². The van der Waals surface area contributed by atoms with Gasteiger partial charge in [-0.15, -0.1) is 0 Å². The number of rotatable bonds is 5. The summed E-state index contributed by atoms with van der Waals surface area (Å²) in [6.07, 6.45) is 0.711. The van der Waals surface area contributed by atoms with Crippen molar-refractivity contribution in [1.29, 1.82) is 0 Å². The van der Waals surface area contributed by atoms with E-state index in [9.17, 15) is 4.79 Å². The number of carbonyl (C=O) groups is 1. The van der Waals surface area contributed by atoms with E-state index in [4.69, 9.17) is 4.74 Å². The minimum absolute atomic E-state index is 0.0616. The highest BCUT2D eigenvalue weighted by Crippen LogP contribution is 2.26. The predicted octanol–water partition coefficient (Wildman–Crippen LogP) is 2.96. The Morgan fingerprint density at radius 3 is 2.64 bits per heavy atom. The first kappa shape index (κ1) is 17.5. The quantitative estimate of drug-likeness (QED) is 0.879. The lowest BCUT2D eigenvalue weighted by atomic mass is 10.0. The molecule has 5 nitrogen and oxygen atoms in total. The second-order valence-corrected chi connectivity index (χ2v) is 6.37. The molecule has 1 aliphatic heterocycles. The zero-order valence-electron chi connectivity index (χ0n) is 15.0. The van der Waals surface area contributed by atoms with Crippen LogP contribution in [0.3, 0.4) is 0 Å². The van der Waals surface area contributed by atoms with Gasteiger partial charge in [-0.1, -0.05) is 24.3 Å². The van der Waals surface area contributed by atoms with Crippen molar-refractivity contribution in [3.8, 4) is 5.75 Å². The highest BCUT2D eigenvalue weighted by atomic mass is 16.5. The number of aryl methyl sites for hydroxylation is 1. The molecule has 1 heterocycles. The SMILES string of the molecule is CCOc1ccc(C2CC(C(=O)N(C)c3cccc(C)c3)NN2)cc1. The van der Waals surface area contributed by atoms with Gasteiger partial charge in [0.25, 0.3) is 0 Å². The first-order valence-corrected chi connectivity index (χ1v) is 8.66. The number of hydrogen-bond donors (Lipinski definition) is 2. The molecule has 0 saturated carbocycles. The lowest BCUT2D eigenvalue weighted by molar-refractivity contribution is -0.120. The van der Waals surface area contributed by atoms with Crippen molar-refractivity contribution in [2.45, 2.75) is 32.4 Å². The van der Waals surface area contributed by atoms with Gasteiger partial charge in [-0.2, -0.15) is 0 Å². The third kappa shape index (κ3) is 4.00. The van der Waals surface area contributed by atoms with Crippen molar-refractivity contribution in [3.63, 3.8) is 0 Å². The summed E-state index contributed by atoms with van der Waals surface area (Å²) in [6, 6.07) is 15.8. The van der Waals surface area contributed by atoms with Crippen molar-refractivity contribution in [2.75, 3.05) is 18.6 Å². The normalized spacial score (nSPS) is 19.6. The van der Waals surface area contributed by atoms with Gasteiger partial charge in [0, 0.05) is 18.8 Å². The molecule has 2 aromatic rings. The van der Waals surface area contributed by atoms with Crippen LogP contribution in [0.4, 0.5) is 5.69 Å². The first-order valence-electron chi connectivity index (χ1n) is 8.66. The average Bonchev–Trinajstić information content (AvgIpc) is 3.11. The molecular formula is C20H25N3O2. The van der Waals surface area contributed by atoms with Gasteiger partial charge < -0.3 is 9.64 Å². The number of carbonyl (C=O) groups excluding carboxylic acids is 1. The Bertz CT molecular complexity index is 730. The third-order valence-electron chi connectivity index (χ3n) is 4.51. The molecule has 1 fully saturated rings. The Morgan fingerprint density at radius 1 is 1.20 bits per heavy atom. The van der Waals surface area contributed by atoms with Crippen molar-refractivity contribution < 1.29 is 9.53 Å². The number of likely N-dealkylation sites (N-methyl/N-ethyl adjacent to an activating group) is 1. The van der Waals surface area contributed by atoms with E-state index in [1.807, 2.05) is 69.4 Å². The molecule has 0 radical (unpaired) electrons. The summed E-state index contributed by atoms with van der Waals surface area (Å²) in [5.41, 5.74) is 9.57. The highest BCUT2D eigenvalue weighted by Gasteiger charge is 2.32. The van der Waals surface area contributed by atoms with Crippen LogP contribution in [-0.2, 0) is 4.79 Å². The molecule has 2 aromatic carbocycles. The number of ether oxygens (including phenoxy) is 1. The minimum Gasteiger partial charge on any atom is -0.494 e. The van der Waals surface area contributed by atoms with E-state index in [1.54, 1.807) is 4.90 Å². The molecular weight excluding hydrogens is 314 g/mol. The summed E-state index contributed by atoms with van der Waals surface area (Å²) in [5, 5.41) is 0. The van der Waals surface area contributed by atoms with Gasteiger partial charge >= 0.3 is 0 Å². The van der Waals surface area contributed by atoms with Crippen LogP contribution in [-0.4, -0.2) is 25.6 Å². The van der Waals surface area contributed by atoms with Crippen molar-refractivity contribution in [2.24, 2.45) is 0 Å². The standard InChI is InChI=1S/C20H25N3O2/c1-4-25-17-10-8-15(9-11-17)18-13-19(22-21-18)20(24)23(3)16-7-5-6-14(2)12-16/h5-12,18-19,21-22H,4,13H2,1-3H3. The summed E-state index contributed by atoms with van der Waals surface area (Å²) >= 11 is 0. The summed E-state index contributed by atoms with van der Waals surface area (Å²) in [5.74, 6) is 0.926. The van der Waals surface area contributed by atoms with Crippen molar-refractivity contribution in [3.05, 3.63) is 59.7 Å². The largest absolute Gasteiger partial charge is 0.494 e. The molecule has 3 rings (SSSR count). The third-order valence-corrected chi connectivity index (χ3v) is 4.51. The van der Waals surface area contributed by atoms with Gasteiger partial charge in [-0.25, -0.2) is 10.9 Å². The zero-order valence-corrected chi connectivity index (χ0v) is 15.0. The van der Waals surface area contributed by atoms with Crippen LogP contribution in [0, 0.1) is 6.92 Å². The lowest BCUT2D eigenvalue weighted by Gasteiger charge is -2.21. The van der Waals surface area contributed by atoms with Gasteiger partial charge in [-0.3, -0.25) is 4.79 Å². The average molecular weight is 339 g/mol. The Kier molecular flexibility index (Phi) is 5.36. The molecule has 0 bridgehead atoms. The molecule has 0 spiro atoms. The van der Waals surface area contributed by atoms with Crippen molar-refractivity contribution >= 4 is 11.6 Å². The number of hydrogen-bond acceptors (Lipinski definition) is 4. The molecule has 0 aliphatic carbocycles. The van der Waals surface area contributed by atoms with Gasteiger partial charge in [0.15, 0.2) is 0 Å². The Morgan fingerprint density at radius 2 is 1.96 bits per heavy atom. The molecule has 2 atom stereocenters. The molecule has 132 valence electrons. The maximum atomic E-state index is 12.8. The van der Waals surface area contributed by atoms with Crippen LogP contribution in [0.15, 0.2) is 48.5 Å². The highest BCUT2D eigenvalue weighted by molar-refractivity contribution is 5.97. The smallest absolute Gasteiger partial charge is 0.245 e. The summed E-state index contributed by atoms with van der Waals surface area (Å²) in [7, 11) is 1.82. The summed E-state index contributed by atoms with van der Waals surface area (Å²) in [4.78, 5) is 14.5. The van der Waals surface area contributed by atoms with Crippen molar-refractivity contribution in [1.82, 2.24) is 10.9 Å². The number of amides is 1. The monoisotopic (exact) mass is 339 g/mol. The van der Waals surface area contributed by atoms with Crippen LogP contribution in [0.5, 0.6) is 5.75 Å². The zero-order chi connectivity index (χ0) is 17.8. The second kappa shape index (κ2) is 7.68. The maximum absolute atomic E-state index is 12.8. The van der Waals surface area contributed by atoms with Gasteiger partial charge in [0.05, 0.1) is 6.61 Å². The van der Waals surface area contributed by atoms with Crippen LogP contribution in [0.1, 0.15) is 30.5 Å². The Balaban J connectivity index is 1.64. The minimum atomic E-state index is -0.248. The van der Waals surface area contributed by atoms with E-state index >= 15 is 0 Å². The number of hydrazine groups is 1. The van der Waals surface area contributed by atoms with Crippen LogP contribution >= 0.6 is 0 Å². The van der Waals surface area contributed by atoms with E-state index in [1.165, 1.54) is 0 Å². The lowest BCUT2D eigenvalue weighted by Crippen LogP contribution is -2.44. The fourth-order valence-electron chi connectivity index (χ4n) is 3.10. The molecule has 1 amide bonds. The topological polar surface area (TPSA) is 53.6 Å². The maximum Gasteiger partial charge on any atom is 0.245 e. The fraction of sp³-hybridized carbons (Fsp3) is 0.350. The Hall–Kier alpha value is -2.37. The van der Waals surface area contributed by atoms with E-state index in [-0.39, 0.29) is 18.0 Å². The van der Waals surface area contributed by atoms with E-state index in [0.717, 1.165) is 22.6 Å². The summed E-state index contributed by atoms with van der Waals surface area (Å²) in [6.45, 7) is 4.65. The van der Waals surface area contributed by atoms with Crippen LogP contribution < -0.4 is 20.5 Å². The van der Waals surface area contributed by atoms with Crippen LogP contribution in [0.2, 0.25) is 0 Å². The van der Waals surface area contributed by atoms with Gasteiger partial charge in [0.2, 0.25) is 5.91 Å². The van der Waals surface area contributed by atoms with Gasteiger partial charge in [-0.05, 0) is 55.7 Å². The predicted molar refractivity (Wildman–Crippen MR) is 99.6 cm³/mol. The molecule has 5 heteroatoms. The van der Waals surface area contributed by atoms with E-state index in [2.05, 4.69) is 10.9 Å². The first-order chi connectivity index (χ1) is 12.1. The Labute approximate surface area is 149 Å². The molecule has 25 heavy (non-hydrogen) atoms. The molecule has 2 N–H and O–H groups in total. The molecule has 1 aliphatic rings. The van der Waals surface area contributed by atoms with E-state index < -0.39 is 0 Å². The molecule has 0 aromatic heterocycles.